The average Bonchev–Trinajstić information content (AvgIpc) is 2.88. The highest BCUT2D eigenvalue weighted by molar-refractivity contribution is 5.75. The topological polar surface area (TPSA) is 123 Å². The molecule has 4 N–H and O–H groups in total. The molecule has 0 unspecified atom stereocenters. The van der Waals surface area contributed by atoms with Crippen LogP contribution in [-0.2, 0) is 17.9 Å². The lowest BCUT2D eigenvalue weighted by molar-refractivity contribution is -0.136. The van der Waals surface area contributed by atoms with E-state index in [4.69, 9.17) is 25.5 Å². The molecule has 172 valence electrons. The van der Waals surface area contributed by atoms with Gasteiger partial charge in [-0.1, -0.05) is 24.3 Å². The number of nitrogens with zero attached hydrogens (tertiary/aromatic N) is 3. The van der Waals surface area contributed by atoms with E-state index in [2.05, 4.69) is 10.3 Å². The van der Waals surface area contributed by atoms with Crippen LogP contribution in [0.4, 0.5) is 0 Å². The lowest BCUT2D eigenvalue weighted by Gasteiger charge is -2.11. The zero-order chi connectivity index (χ0) is 23.9. The number of nitrogens with two attached hydrogens (primary N) is 1. The number of aromatic nitrogens is 3. The highest BCUT2D eigenvalue weighted by Gasteiger charge is 2.12. The molecule has 0 radical (unpaired) electrons. The fourth-order valence-corrected chi connectivity index (χ4v) is 3.50. The lowest BCUT2D eigenvalue weighted by Crippen LogP contribution is -2.22. The van der Waals surface area contributed by atoms with Crippen LogP contribution in [0.1, 0.15) is 11.4 Å². The van der Waals surface area contributed by atoms with E-state index < -0.39 is 5.97 Å². The zero-order valence-electron chi connectivity index (χ0n) is 18.7. The second-order valence-electron chi connectivity index (χ2n) is 7.58. The van der Waals surface area contributed by atoms with Crippen LogP contribution in [0.15, 0.2) is 72.8 Å². The van der Waals surface area contributed by atoms with Crippen LogP contribution in [0, 0.1) is 0 Å². The maximum absolute atomic E-state index is 10.8. The molecule has 0 saturated heterocycles. The first-order valence-corrected chi connectivity index (χ1v) is 10.8. The van der Waals surface area contributed by atoms with Crippen LogP contribution in [0.25, 0.3) is 33.9 Å². The number of carbonyl (C=O) groups is 1. The molecule has 3 aromatic heterocycles. The molecule has 0 fully saturated rings. The Hall–Kier alpha value is -4.14. The minimum atomic E-state index is -0.915. The summed E-state index contributed by atoms with van der Waals surface area (Å²) in [6.07, 6.45) is 0. The van der Waals surface area contributed by atoms with Gasteiger partial charge in [0.2, 0.25) is 0 Å². The molecule has 3 heterocycles. The molecular weight excluding hydrogens is 430 g/mol. The Kier molecular flexibility index (Phi) is 7.22. The summed E-state index contributed by atoms with van der Waals surface area (Å²) in [6.45, 7) is 0.543. The van der Waals surface area contributed by atoms with Gasteiger partial charge in [-0.25, -0.2) is 15.0 Å². The monoisotopic (exact) mass is 455 g/mol. The second kappa shape index (κ2) is 10.7. The summed E-state index contributed by atoms with van der Waals surface area (Å²) < 4.78 is 5.29. The van der Waals surface area contributed by atoms with Gasteiger partial charge in [-0.05, 0) is 59.7 Å². The molecule has 0 atom stereocenters. The summed E-state index contributed by atoms with van der Waals surface area (Å²) in [5, 5.41) is 11.7. The maximum atomic E-state index is 10.8. The van der Waals surface area contributed by atoms with Crippen molar-refractivity contribution < 1.29 is 14.6 Å². The van der Waals surface area contributed by atoms with Crippen LogP contribution >= 0.6 is 0 Å². The number of hydrogen-bond donors (Lipinski definition) is 3. The smallest absolute Gasteiger partial charge is 0.317 e. The molecule has 1 aromatic carbocycles. The van der Waals surface area contributed by atoms with Crippen molar-refractivity contribution in [1.29, 1.82) is 0 Å². The molecule has 0 spiro atoms. The highest BCUT2D eigenvalue weighted by Crippen LogP contribution is 2.30. The first-order valence-electron chi connectivity index (χ1n) is 10.8. The van der Waals surface area contributed by atoms with Crippen molar-refractivity contribution in [1.82, 2.24) is 20.3 Å². The first kappa shape index (κ1) is 23.0. The number of methoxy groups -OCH3 is 1. The van der Waals surface area contributed by atoms with Gasteiger partial charge in [0.15, 0.2) is 0 Å². The lowest BCUT2D eigenvalue weighted by atomic mass is 10.0. The van der Waals surface area contributed by atoms with Crippen LogP contribution in [0.5, 0.6) is 5.75 Å². The fourth-order valence-electron chi connectivity index (χ4n) is 3.50. The maximum Gasteiger partial charge on any atom is 0.317 e. The Morgan fingerprint density at radius 2 is 1.47 bits per heavy atom. The zero-order valence-corrected chi connectivity index (χ0v) is 18.7. The normalized spacial score (nSPS) is 10.8. The van der Waals surface area contributed by atoms with Crippen molar-refractivity contribution in [3.05, 3.63) is 84.2 Å². The Morgan fingerprint density at radius 1 is 0.853 bits per heavy atom. The molecule has 4 aromatic rings. The molecule has 0 bridgehead atoms. The van der Waals surface area contributed by atoms with E-state index >= 15 is 0 Å². The quantitative estimate of drug-likeness (QED) is 0.350. The van der Waals surface area contributed by atoms with E-state index in [1.54, 1.807) is 7.11 Å². The van der Waals surface area contributed by atoms with E-state index in [1.165, 1.54) is 0 Å². The number of carboxylic acids is 1. The number of aliphatic carboxylic acids is 1. The van der Waals surface area contributed by atoms with Crippen molar-refractivity contribution in [2.45, 2.75) is 13.1 Å². The van der Waals surface area contributed by atoms with Crippen LogP contribution < -0.4 is 15.8 Å². The van der Waals surface area contributed by atoms with Crippen molar-refractivity contribution in [3.63, 3.8) is 0 Å². The van der Waals surface area contributed by atoms with Gasteiger partial charge in [0.05, 0.1) is 47.8 Å². The molecule has 34 heavy (non-hydrogen) atoms. The molecule has 8 heteroatoms. The Morgan fingerprint density at radius 3 is 2.06 bits per heavy atom. The Labute approximate surface area is 197 Å². The Bertz CT molecular complexity index is 1290. The minimum Gasteiger partial charge on any atom is -0.497 e. The van der Waals surface area contributed by atoms with Gasteiger partial charge in [0.25, 0.3) is 0 Å². The van der Waals surface area contributed by atoms with Gasteiger partial charge in [-0.2, -0.15) is 0 Å². The first-order chi connectivity index (χ1) is 16.6. The molecule has 0 aliphatic heterocycles. The van der Waals surface area contributed by atoms with Crippen LogP contribution in [-0.4, -0.2) is 39.7 Å². The molecular formula is C26H25N5O3. The third-order valence-corrected chi connectivity index (χ3v) is 5.18. The van der Waals surface area contributed by atoms with Crippen molar-refractivity contribution in [2.24, 2.45) is 5.73 Å². The predicted octanol–water partition coefficient (Wildman–Crippen LogP) is 3.51. The van der Waals surface area contributed by atoms with Crippen molar-refractivity contribution in [3.8, 4) is 39.7 Å². The third kappa shape index (κ3) is 5.61. The van der Waals surface area contributed by atoms with E-state index in [1.807, 2.05) is 72.8 Å². The van der Waals surface area contributed by atoms with Crippen LogP contribution in [0.2, 0.25) is 0 Å². The van der Waals surface area contributed by atoms with Gasteiger partial charge in [-0.3, -0.25) is 4.79 Å². The molecule has 4 rings (SSSR count). The van der Waals surface area contributed by atoms with E-state index in [9.17, 15) is 4.79 Å². The largest absolute Gasteiger partial charge is 0.497 e. The van der Waals surface area contributed by atoms with Gasteiger partial charge in [-0.15, -0.1) is 0 Å². The molecule has 0 aliphatic carbocycles. The summed E-state index contributed by atoms with van der Waals surface area (Å²) in [5.41, 5.74) is 12.0. The summed E-state index contributed by atoms with van der Waals surface area (Å²) in [5.74, 6) is -0.138. The number of pyridine rings is 3. The van der Waals surface area contributed by atoms with Crippen LogP contribution in [0.3, 0.4) is 0 Å². The van der Waals surface area contributed by atoms with E-state index in [-0.39, 0.29) is 6.54 Å². The van der Waals surface area contributed by atoms with Crippen molar-refractivity contribution >= 4 is 5.97 Å². The third-order valence-electron chi connectivity index (χ3n) is 5.18. The summed E-state index contributed by atoms with van der Waals surface area (Å²) in [6, 6.07) is 23.1. The SMILES string of the molecule is COc1ccc(-c2cc(-c3cccc(CN)n3)nc(-c3cccc(CNCC(=O)O)n3)c2)cc1. The number of rotatable bonds is 9. The second-order valence-corrected chi connectivity index (χ2v) is 7.58. The number of hydrogen-bond acceptors (Lipinski definition) is 7. The molecule has 8 nitrogen and oxygen atoms in total. The highest BCUT2D eigenvalue weighted by atomic mass is 16.5. The number of nitrogens with one attached hydrogen (secondary N) is 1. The summed E-state index contributed by atoms with van der Waals surface area (Å²) >= 11 is 0. The Balaban J connectivity index is 1.77. The number of ether oxygens (including phenoxy) is 1. The van der Waals surface area contributed by atoms with Gasteiger partial charge in [0.1, 0.15) is 5.75 Å². The fraction of sp³-hybridized carbons (Fsp3) is 0.154. The average molecular weight is 456 g/mol. The summed E-state index contributed by atoms with van der Waals surface area (Å²) in [7, 11) is 1.64. The van der Waals surface area contributed by atoms with E-state index in [0.29, 0.717) is 30.2 Å². The number of carboxylic acid groups (broad SMARTS) is 1. The minimum absolute atomic E-state index is 0.135. The molecule has 0 saturated carbocycles. The molecule has 0 amide bonds. The van der Waals surface area contributed by atoms with E-state index in [0.717, 1.165) is 34.0 Å². The van der Waals surface area contributed by atoms with Gasteiger partial charge >= 0.3 is 5.97 Å². The standard InChI is InChI=1S/C26H25N5O3/c1-34-21-10-8-17(9-11-21)18-12-24(22-6-2-4-19(14-27)29-22)31-25(13-18)23-7-3-5-20(30-23)15-28-16-26(32)33/h2-13,28H,14-16,27H2,1H3,(H,32,33). The summed E-state index contributed by atoms with van der Waals surface area (Å²) in [4.78, 5) is 25.0. The number of benzene rings is 1. The van der Waals surface area contributed by atoms with Gasteiger partial charge < -0.3 is 20.9 Å². The van der Waals surface area contributed by atoms with Crippen molar-refractivity contribution in [2.75, 3.05) is 13.7 Å². The molecule has 0 aliphatic rings. The van der Waals surface area contributed by atoms with Gasteiger partial charge in [0, 0.05) is 13.1 Å². The predicted molar refractivity (Wildman–Crippen MR) is 130 cm³/mol.